The Labute approximate surface area is 158 Å². The summed E-state index contributed by atoms with van der Waals surface area (Å²) in [5.74, 6) is 0.900. The van der Waals surface area contributed by atoms with E-state index in [0.29, 0.717) is 11.7 Å². The van der Waals surface area contributed by atoms with Crippen LogP contribution in [0.3, 0.4) is 0 Å². The molecule has 3 aromatic rings. The predicted molar refractivity (Wildman–Crippen MR) is 105 cm³/mol. The lowest BCUT2D eigenvalue weighted by Crippen LogP contribution is -2.22. The Morgan fingerprint density at radius 3 is 2.11 bits per heavy atom. The number of nitrogen functional groups attached to an aromatic ring is 1. The molecule has 0 saturated heterocycles. The first-order valence-corrected chi connectivity index (χ1v) is 9.56. The van der Waals surface area contributed by atoms with Crippen molar-refractivity contribution in [3.05, 3.63) is 54.9 Å². The van der Waals surface area contributed by atoms with Crippen molar-refractivity contribution in [1.29, 1.82) is 0 Å². The van der Waals surface area contributed by atoms with Crippen LogP contribution in [0, 0.1) is 0 Å². The van der Waals surface area contributed by atoms with Crippen molar-refractivity contribution >= 4 is 15.8 Å². The van der Waals surface area contributed by atoms with Gasteiger partial charge in [-0.25, -0.2) is 22.7 Å². The molecule has 2 N–H and O–H groups in total. The lowest BCUT2D eigenvalue weighted by molar-refractivity contribution is 0.398. The number of methoxy groups -OCH3 is 1. The van der Waals surface area contributed by atoms with Gasteiger partial charge in [-0.2, -0.15) is 0 Å². The van der Waals surface area contributed by atoms with Gasteiger partial charge in [0.05, 0.1) is 12.0 Å². The molecule has 7 nitrogen and oxygen atoms in total. The summed E-state index contributed by atoms with van der Waals surface area (Å²) in [6.07, 6.45) is 3.33. The lowest BCUT2D eigenvalue weighted by atomic mass is 10.0. The SMILES string of the molecule is COc1ccc(-c2cc(-c3ccc(S(=O)(=O)N(C)C)cc3)cnc2N)cn1. The number of ether oxygens (including phenoxy) is 1. The topological polar surface area (TPSA) is 98.4 Å². The molecule has 0 spiro atoms. The second-order valence-corrected chi connectivity index (χ2v) is 8.21. The van der Waals surface area contributed by atoms with Crippen molar-refractivity contribution in [2.24, 2.45) is 0 Å². The fourth-order valence-corrected chi connectivity index (χ4v) is 3.46. The van der Waals surface area contributed by atoms with E-state index in [4.69, 9.17) is 10.5 Å². The molecule has 2 heterocycles. The van der Waals surface area contributed by atoms with E-state index >= 15 is 0 Å². The van der Waals surface area contributed by atoms with Crippen molar-refractivity contribution in [1.82, 2.24) is 14.3 Å². The number of sulfonamides is 1. The molecule has 1 aromatic carbocycles. The van der Waals surface area contributed by atoms with Gasteiger partial charge in [-0.3, -0.25) is 0 Å². The van der Waals surface area contributed by atoms with Crippen LogP contribution in [0.1, 0.15) is 0 Å². The molecular weight excluding hydrogens is 364 g/mol. The van der Waals surface area contributed by atoms with Crippen molar-refractivity contribution in [3.63, 3.8) is 0 Å². The van der Waals surface area contributed by atoms with Crippen LogP contribution < -0.4 is 10.5 Å². The van der Waals surface area contributed by atoms with Crippen LogP contribution in [0.15, 0.2) is 59.8 Å². The highest BCUT2D eigenvalue weighted by atomic mass is 32.2. The maximum Gasteiger partial charge on any atom is 0.242 e. The maximum absolute atomic E-state index is 12.2. The predicted octanol–water partition coefficient (Wildman–Crippen LogP) is 2.65. The van der Waals surface area contributed by atoms with Crippen LogP contribution in [-0.2, 0) is 10.0 Å². The van der Waals surface area contributed by atoms with Gasteiger partial charge in [0.25, 0.3) is 0 Å². The zero-order chi connectivity index (χ0) is 19.6. The fourth-order valence-electron chi connectivity index (χ4n) is 2.55. The fraction of sp³-hybridized carbons (Fsp3) is 0.158. The molecule has 0 fully saturated rings. The summed E-state index contributed by atoms with van der Waals surface area (Å²) >= 11 is 0. The number of pyridine rings is 2. The minimum absolute atomic E-state index is 0.235. The lowest BCUT2D eigenvalue weighted by Gasteiger charge is -2.12. The molecule has 0 radical (unpaired) electrons. The van der Waals surface area contributed by atoms with Gasteiger partial charge < -0.3 is 10.5 Å². The Kier molecular flexibility index (Phi) is 5.11. The molecule has 0 aliphatic heterocycles. The van der Waals surface area contributed by atoms with Gasteiger partial charge in [-0.05, 0) is 29.8 Å². The molecule has 0 amide bonds. The number of hydrogen-bond donors (Lipinski definition) is 1. The van der Waals surface area contributed by atoms with Crippen molar-refractivity contribution in [3.8, 4) is 28.1 Å². The van der Waals surface area contributed by atoms with Crippen molar-refractivity contribution in [2.45, 2.75) is 4.90 Å². The van der Waals surface area contributed by atoms with Gasteiger partial charge in [-0.1, -0.05) is 12.1 Å². The average Bonchev–Trinajstić information content (AvgIpc) is 2.68. The standard InChI is InChI=1S/C19H20N4O3S/c1-23(2)27(24,25)16-7-4-13(5-8-16)15-10-17(19(20)22-12-15)14-6-9-18(26-3)21-11-14/h4-12H,1-3H3,(H2,20,22). The van der Waals surface area contributed by atoms with E-state index in [9.17, 15) is 8.42 Å². The molecule has 8 heteroatoms. The van der Waals surface area contributed by atoms with Crippen LogP contribution in [-0.4, -0.2) is 43.9 Å². The summed E-state index contributed by atoms with van der Waals surface area (Å²) in [6.45, 7) is 0. The van der Waals surface area contributed by atoms with E-state index in [1.54, 1.807) is 49.8 Å². The molecule has 0 unspecified atom stereocenters. The average molecular weight is 384 g/mol. The van der Waals surface area contributed by atoms with Crippen molar-refractivity contribution < 1.29 is 13.2 Å². The van der Waals surface area contributed by atoms with E-state index < -0.39 is 10.0 Å². The largest absolute Gasteiger partial charge is 0.481 e. The van der Waals surface area contributed by atoms with Gasteiger partial charge >= 0.3 is 0 Å². The number of anilines is 1. The molecule has 0 bridgehead atoms. The molecule has 0 aliphatic rings. The maximum atomic E-state index is 12.2. The van der Waals surface area contributed by atoms with Crippen LogP contribution in [0.2, 0.25) is 0 Å². The van der Waals surface area contributed by atoms with Crippen LogP contribution >= 0.6 is 0 Å². The number of nitrogens with two attached hydrogens (primary N) is 1. The molecule has 27 heavy (non-hydrogen) atoms. The second kappa shape index (κ2) is 7.34. The summed E-state index contributed by atoms with van der Waals surface area (Å²) in [5.41, 5.74) is 9.25. The summed E-state index contributed by atoms with van der Waals surface area (Å²) in [6, 6.07) is 12.2. The summed E-state index contributed by atoms with van der Waals surface area (Å²) in [5, 5.41) is 0. The number of aromatic nitrogens is 2. The number of hydrogen-bond acceptors (Lipinski definition) is 6. The van der Waals surface area contributed by atoms with E-state index in [2.05, 4.69) is 9.97 Å². The highest BCUT2D eigenvalue weighted by Crippen LogP contribution is 2.30. The molecule has 2 aromatic heterocycles. The summed E-state index contributed by atoms with van der Waals surface area (Å²) in [7, 11) is 1.10. The van der Waals surface area contributed by atoms with Crippen LogP contribution in [0.5, 0.6) is 5.88 Å². The normalized spacial score (nSPS) is 11.6. The molecule has 0 aliphatic carbocycles. The Hall–Kier alpha value is -2.97. The van der Waals surface area contributed by atoms with E-state index in [1.807, 2.05) is 12.1 Å². The Morgan fingerprint density at radius 2 is 1.56 bits per heavy atom. The third kappa shape index (κ3) is 3.76. The zero-order valence-corrected chi connectivity index (χ0v) is 16.1. The monoisotopic (exact) mass is 384 g/mol. The second-order valence-electron chi connectivity index (χ2n) is 6.06. The van der Waals surface area contributed by atoms with Gasteiger partial charge in [0.15, 0.2) is 0 Å². The van der Waals surface area contributed by atoms with Gasteiger partial charge in [0.2, 0.25) is 15.9 Å². The Morgan fingerprint density at radius 1 is 0.926 bits per heavy atom. The van der Waals surface area contributed by atoms with Crippen molar-refractivity contribution in [2.75, 3.05) is 26.9 Å². The number of benzene rings is 1. The van der Waals surface area contributed by atoms with Crippen LogP contribution in [0.25, 0.3) is 22.3 Å². The quantitative estimate of drug-likeness (QED) is 0.726. The van der Waals surface area contributed by atoms with Gasteiger partial charge in [0.1, 0.15) is 5.82 Å². The third-order valence-corrected chi connectivity index (χ3v) is 5.97. The van der Waals surface area contributed by atoms with E-state index in [-0.39, 0.29) is 4.90 Å². The number of nitrogens with zero attached hydrogens (tertiary/aromatic N) is 3. The van der Waals surface area contributed by atoms with E-state index in [1.165, 1.54) is 18.4 Å². The first kappa shape index (κ1) is 18.8. The first-order chi connectivity index (χ1) is 12.8. The highest BCUT2D eigenvalue weighted by Gasteiger charge is 2.17. The molecule has 3 rings (SSSR count). The van der Waals surface area contributed by atoms with Gasteiger partial charge in [0, 0.05) is 49.2 Å². The zero-order valence-electron chi connectivity index (χ0n) is 15.2. The highest BCUT2D eigenvalue weighted by molar-refractivity contribution is 7.89. The van der Waals surface area contributed by atoms with Crippen LogP contribution in [0.4, 0.5) is 5.82 Å². The Balaban J connectivity index is 1.98. The van der Waals surface area contributed by atoms with E-state index in [0.717, 1.165) is 22.3 Å². The minimum atomic E-state index is -3.46. The Bertz CT molecular complexity index is 1050. The summed E-state index contributed by atoms with van der Waals surface area (Å²) in [4.78, 5) is 8.70. The molecule has 0 atom stereocenters. The molecule has 0 saturated carbocycles. The molecule has 140 valence electrons. The molecular formula is C19H20N4O3S. The van der Waals surface area contributed by atoms with Gasteiger partial charge in [-0.15, -0.1) is 0 Å². The minimum Gasteiger partial charge on any atom is -0.481 e. The number of rotatable bonds is 5. The smallest absolute Gasteiger partial charge is 0.242 e. The summed E-state index contributed by atoms with van der Waals surface area (Å²) < 4.78 is 30.6. The first-order valence-electron chi connectivity index (χ1n) is 8.12. The third-order valence-electron chi connectivity index (χ3n) is 4.14.